The highest BCUT2D eigenvalue weighted by atomic mass is 16.3. The van der Waals surface area contributed by atoms with Crippen LogP contribution in [-0.4, -0.2) is 19.9 Å². The van der Waals surface area contributed by atoms with Gasteiger partial charge in [0.2, 0.25) is 5.89 Å². The Labute approximate surface area is 356 Å². The number of benzene rings is 9. The Bertz CT molecular complexity index is 3620. The van der Waals surface area contributed by atoms with Crippen molar-refractivity contribution >= 4 is 43.8 Å². The summed E-state index contributed by atoms with van der Waals surface area (Å²) < 4.78 is 13.3. The summed E-state index contributed by atoms with van der Waals surface area (Å²) in [4.78, 5) is 20.5. The average molecular weight is 795 g/mol. The maximum atomic E-state index is 6.65. The molecule has 0 N–H and O–H groups in total. The maximum Gasteiger partial charge on any atom is 0.227 e. The van der Waals surface area contributed by atoms with Gasteiger partial charge in [-0.1, -0.05) is 164 Å². The molecule has 0 aliphatic heterocycles. The number of fused-ring (bicyclic) bond motifs is 6. The minimum atomic E-state index is 0.545. The van der Waals surface area contributed by atoms with Gasteiger partial charge in [-0.05, 0) is 81.2 Å². The Balaban J connectivity index is 1.05. The molecule has 0 spiro atoms. The highest BCUT2D eigenvalue weighted by molar-refractivity contribution is 6.16. The molecule has 9 aromatic carbocycles. The fourth-order valence-electron chi connectivity index (χ4n) is 8.55. The van der Waals surface area contributed by atoms with Crippen molar-refractivity contribution in [3.63, 3.8) is 0 Å². The van der Waals surface area contributed by atoms with Gasteiger partial charge in [0.25, 0.3) is 0 Å². The van der Waals surface area contributed by atoms with Crippen LogP contribution in [0.1, 0.15) is 0 Å². The number of aromatic nitrogens is 4. The van der Waals surface area contributed by atoms with Crippen LogP contribution < -0.4 is 0 Å². The first kappa shape index (κ1) is 35.5. The molecule has 0 fully saturated rings. The van der Waals surface area contributed by atoms with E-state index in [0.717, 1.165) is 88.3 Å². The van der Waals surface area contributed by atoms with E-state index in [9.17, 15) is 0 Å². The summed E-state index contributed by atoms with van der Waals surface area (Å²) >= 11 is 0. The van der Waals surface area contributed by atoms with Gasteiger partial charge in [0.15, 0.2) is 23.1 Å². The highest BCUT2D eigenvalue weighted by Crippen LogP contribution is 2.43. The van der Waals surface area contributed by atoms with Gasteiger partial charge in [-0.25, -0.2) is 19.9 Å². The first-order valence-corrected chi connectivity index (χ1v) is 20.6. The molecule has 3 aromatic heterocycles. The normalized spacial score (nSPS) is 11.5. The fourth-order valence-corrected chi connectivity index (χ4v) is 8.55. The number of furan rings is 1. The second kappa shape index (κ2) is 14.7. The molecule has 0 saturated carbocycles. The standard InChI is InChI=1S/C56H34N4O2/c1-4-14-35(15-5-1)41-21-12-22-42(32-41)36-26-28-39(29-27-36)54-58-53(38-16-6-2-7-17-38)59-55(60-54)46-33-43(34-49-51(46)45-23-10-11-25-48(45)61-49)44-24-13-20-37-30-31-47-52(50(37)44)62-56(57-47)40-18-8-3-9-19-40/h1-34H. The first-order valence-electron chi connectivity index (χ1n) is 20.6. The molecule has 6 heteroatoms. The molecule has 12 aromatic rings. The third-order valence-electron chi connectivity index (χ3n) is 11.6. The van der Waals surface area contributed by atoms with E-state index in [1.54, 1.807) is 0 Å². The van der Waals surface area contributed by atoms with E-state index in [-0.39, 0.29) is 0 Å². The Morgan fingerprint density at radius 2 is 0.887 bits per heavy atom. The summed E-state index contributed by atoms with van der Waals surface area (Å²) in [6, 6.07) is 70.6. The third-order valence-corrected chi connectivity index (χ3v) is 11.6. The van der Waals surface area contributed by atoms with E-state index >= 15 is 0 Å². The van der Waals surface area contributed by atoms with E-state index in [2.05, 4.69) is 115 Å². The lowest BCUT2D eigenvalue weighted by atomic mass is 9.94. The van der Waals surface area contributed by atoms with Crippen LogP contribution in [0.2, 0.25) is 0 Å². The molecule has 6 nitrogen and oxygen atoms in total. The third kappa shape index (κ3) is 6.21. The van der Waals surface area contributed by atoms with Crippen molar-refractivity contribution in [2.45, 2.75) is 0 Å². The van der Waals surface area contributed by atoms with Gasteiger partial charge in [0, 0.05) is 38.4 Å². The number of hydrogen-bond acceptors (Lipinski definition) is 6. The van der Waals surface area contributed by atoms with Crippen molar-refractivity contribution in [3.8, 4) is 79.0 Å². The monoisotopic (exact) mass is 794 g/mol. The Morgan fingerprint density at radius 3 is 1.63 bits per heavy atom. The van der Waals surface area contributed by atoms with Crippen molar-refractivity contribution in [3.05, 3.63) is 206 Å². The second-order valence-electron chi connectivity index (χ2n) is 15.4. The van der Waals surface area contributed by atoms with E-state index < -0.39 is 0 Å². The average Bonchev–Trinajstić information content (AvgIpc) is 3.97. The second-order valence-corrected chi connectivity index (χ2v) is 15.4. The summed E-state index contributed by atoms with van der Waals surface area (Å²) in [5.41, 5.74) is 13.1. The largest absolute Gasteiger partial charge is 0.456 e. The minimum Gasteiger partial charge on any atom is -0.456 e. The predicted octanol–water partition coefficient (Wildman–Crippen LogP) is 14.7. The summed E-state index contributed by atoms with van der Waals surface area (Å²) in [7, 11) is 0. The molecule has 0 atom stereocenters. The number of nitrogens with zero attached hydrogens (tertiary/aromatic N) is 4. The van der Waals surface area contributed by atoms with Crippen molar-refractivity contribution in [2.24, 2.45) is 0 Å². The van der Waals surface area contributed by atoms with E-state index in [1.165, 1.54) is 11.1 Å². The summed E-state index contributed by atoms with van der Waals surface area (Å²) in [5.74, 6) is 2.28. The van der Waals surface area contributed by atoms with Gasteiger partial charge in [-0.15, -0.1) is 0 Å². The summed E-state index contributed by atoms with van der Waals surface area (Å²) in [6.45, 7) is 0. The van der Waals surface area contributed by atoms with Gasteiger partial charge in [0.05, 0.1) is 0 Å². The van der Waals surface area contributed by atoms with Gasteiger partial charge in [-0.3, -0.25) is 0 Å². The van der Waals surface area contributed by atoms with E-state index in [0.29, 0.717) is 23.4 Å². The molecule has 0 aliphatic carbocycles. The van der Waals surface area contributed by atoms with Gasteiger partial charge in [0.1, 0.15) is 16.7 Å². The lowest BCUT2D eigenvalue weighted by Gasteiger charge is -2.12. The number of oxazole rings is 1. The van der Waals surface area contributed by atoms with Crippen LogP contribution in [0, 0.1) is 0 Å². The summed E-state index contributed by atoms with van der Waals surface area (Å²) in [5, 5.41) is 3.93. The molecule has 0 amide bonds. The molecule has 62 heavy (non-hydrogen) atoms. The zero-order valence-corrected chi connectivity index (χ0v) is 33.2. The molecule has 3 heterocycles. The molecule has 0 radical (unpaired) electrons. The molecular formula is C56H34N4O2. The van der Waals surface area contributed by atoms with Crippen molar-refractivity contribution in [1.82, 2.24) is 19.9 Å². The zero-order chi connectivity index (χ0) is 41.0. The quantitative estimate of drug-likeness (QED) is 0.160. The molecule has 0 unspecified atom stereocenters. The van der Waals surface area contributed by atoms with E-state index in [1.807, 2.05) is 91.0 Å². The van der Waals surface area contributed by atoms with Crippen LogP contribution in [0.5, 0.6) is 0 Å². The number of hydrogen-bond donors (Lipinski definition) is 0. The number of rotatable bonds is 7. The minimum absolute atomic E-state index is 0.545. The van der Waals surface area contributed by atoms with Crippen LogP contribution in [0.25, 0.3) is 123 Å². The van der Waals surface area contributed by atoms with Crippen LogP contribution in [0.3, 0.4) is 0 Å². The molecule has 0 aliphatic rings. The lowest BCUT2D eigenvalue weighted by molar-refractivity contribution is 0.623. The smallest absolute Gasteiger partial charge is 0.227 e. The van der Waals surface area contributed by atoms with Gasteiger partial charge in [-0.2, -0.15) is 0 Å². The topological polar surface area (TPSA) is 77.8 Å². The van der Waals surface area contributed by atoms with Crippen LogP contribution in [0.4, 0.5) is 0 Å². The highest BCUT2D eigenvalue weighted by Gasteiger charge is 2.22. The zero-order valence-electron chi connectivity index (χ0n) is 33.2. The van der Waals surface area contributed by atoms with Crippen molar-refractivity contribution in [1.29, 1.82) is 0 Å². The SMILES string of the molecule is c1ccc(-c2cccc(-c3ccc(-c4nc(-c5ccccc5)nc(-c5cc(-c6cccc7ccc8nc(-c9ccccc9)oc8c67)cc6oc7ccccc7c56)n4)cc3)c2)cc1. The summed E-state index contributed by atoms with van der Waals surface area (Å²) in [6.07, 6.45) is 0. The van der Waals surface area contributed by atoms with Crippen LogP contribution >= 0.6 is 0 Å². The predicted molar refractivity (Wildman–Crippen MR) is 250 cm³/mol. The number of para-hydroxylation sites is 1. The Morgan fingerprint density at radius 1 is 0.306 bits per heavy atom. The van der Waals surface area contributed by atoms with Crippen molar-refractivity contribution in [2.75, 3.05) is 0 Å². The Hall–Kier alpha value is -8.48. The molecule has 12 rings (SSSR count). The first-order chi connectivity index (χ1) is 30.7. The van der Waals surface area contributed by atoms with Gasteiger partial charge < -0.3 is 8.83 Å². The fraction of sp³-hybridized carbons (Fsp3) is 0. The molecule has 290 valence electrons. The van der Waals surface area contributed by atoms with Gasteiger partial charge >= 0.3 is 0 Å². The maximum absolute atomic E-state index is 6.65. The van der Waals surface area contributed by atoms with Crippen LogP contribution in [0.15, 0.2) is 215 Å². The molecule has 0 saturated heterocycles. The Kier molecular flexibility index (Phi) is 8.38. The molecular weight excluding hydrogens is 761 g/mol. The lowest BCUT2D eigenvalue weighted by Crippen LogP contribution is -2.00. The molecule has 0 bridgehead atoms. The van der Waals surface area contributed by atoms with E-state index in [4.69, 9.17) is 28.8 Å². The van der Waals surface area contributed by atoms with Crippen molar-refractivity contribution < 1.29 is 8.83 Å². The van der Waals surface area contributed by atoms with Crippen LogP contribution in [-0.2, 0) is 0 Å².